The number of thiol groups is 1. The van der Waals surface area contributed by atoms with E-state index >= 15 is 0 Å². The Kier molecular flexibility index (Phi) is 5.30. The van der Waals surface area contributed by atoms with Crippen molar-refractivity contribution < 1.29 is 0 Å². The molecule has 0 rings (SSSR count). The second-order valence-corrected chi connectivity index (χ2v) is 4.37. The Balaban J connectivity index is 4.60. The topological polar surface area (TPSA) is 24.7 Å². The summed E-state index contributed by atoms with van der Waals surface area (Å²) in [5, 5.41) is 0. The van der Waals surface area contributed by atoms with Crippen LogP contribution >= 0.6 is 12.8 Å². The molecule has 0 aliphatic heterocycles. The SMILES string of the molecule is CC(C)N=CC(C)(/C=N\S)C(C)C. The number of hydrogen-bond donors (Lipinski definition) is 1. The van der Waals surface area contributed by atoms with Crippen LogP contribution in [0.15, 0.2) is 9.39 Å². The first-order valence-corrected chi connectivity index (χ1v) is 5.05. The molecule has 0 saturated heterocycles. The first-order valence-electron chi connectivity index (χ1n) is 4.65. The minimum Gasteiger partial charge on any atom is -0.294 e. The second kappa shape index (κ2) is 5.43. The van der Waals surface area contributed by atoms with Crippen LogP contribution in [0, 0.1) is 11.3 Å². The van der Waals surface area contributed by atoms with Crippen molar-refractivity contribution in [1.82, 2.24) is 0 Å². The van der Waals surface area contributed by atoms with Crippen molar-refractivity contribution >= 4 is 25.2 Å². The highest BCUT2D eigenvalue weighted by Crippen LogP contribution is 2.22. The molecular weight excluding hydrogens is 180 g/mol. The average molecular weight is 200 g/mol. The molecule has 0 bridgehead atoms. The molecule has 0 N–H and O–H groups in total. The van der Waals surface area contributed by atoms with E-state index in [-0.39, 0.29) is 5.41 Å². The highest BCUT2D eigenvalue weighted by atomic mass is 32.1. The van der Waals surface area contributed by atoms with Gasteiger partial charge in [0.05, 0.1) is 0 Å². The summed E-state index contributed by atoms with van der Waals surface area (Å²) in [5.41, 5.74) is -0.0774. The number of aliphatic imine (C=N–C) groups is 1. The molecule has 1 unspecified atom stereocenters. The van der Waals surface area contributed by atoms with Crippen molar-refractivity contribution in [2.45, 2.75) is 40.7 Å². The van der Waals surface area contributed by atoms with Crippen LogP contribution in [0.4, 0.5) is 0 Å². The summed E-state index contributed by atoms with van der Waals surface area (Å²) in [5.74, 6) is 0.478. The van der Waals surface area contributed by atoms with Gasteiger partial charge in [-0.25, -0.2) is 4.40 Å². The van der Waals surface area contributed by atoms with Gasteiger partial charge in [-0.05, 0) is 39.5 Å². The van der Waals surface area contributed by atoms with Crippen molar-refractivity contribution in [2.24, 2.45) is 20.7 Å². The van der Waals surface area contributed by atoms with Gasteiger partial charge in [-0.1, -0.05) is 13.8 Å². The standard InChI is InChI=1S/C10H20N2S/c1-8(2)10(5,7-12-13)6-11-9(3)4/h6-9,13H,1-5H3/b11-6?,12-7-. The van der Waals surface area contributed by atoms with Crippen molar-refractivity contribution in [3.63, 3.8) is 0 Å². The van der Waals surface area contributed by atoms with E-state index in [1.54, 1.807) is 0 Å². The first kappa shape index (κ1) is 12.7. The average Bonchev–Trinajstić information content (AvgIpc) is 2.01. The first-order chi connectivity index (χ1) is 5.92. The minimum atomic E-state index is -0.0774. The van der Waals surface area contributed by atoms with Gasteiger partial charge in [-0.2, -0.15) is 0 Å². The van der Waals surface area contributed by atoms with E-state index in [2.05, 4.69) is 56.8 Å². The van der Waals surface area contributed by atoms with Gasteiger partial charge >= 0.3 is 0 Å². The molecule has 2 nitrogen and oxygen atoms in total. The highest BCUT2D eigenvalue weighted by molar-refractivity contribution is 7.78. The molecule has 1 atom stereocenters. The van der Waals surface area contributed by atoms with Crippen molar-refractivity contribution in [3.8, 4) is 0 Å². The molecule has 0 saturated carbocycles. The van der Waals surface area contributed by atoms with Gasteiger partial charge in [0.2, 0.25) is 0 Å². The van der Waals surface area contributed by atoms with Gasteiger partial charge in [-0.15, -0.1) is 0 Å². The molecule has 0 fully saturated rings. The van der Waals surface area contributed by atoms with Gasteiger partial charge < -0.3 is 0 Å². The third-order valence-electron chi connectivity index (χ3n) is 2.23. The van der Waals surface area contributed by atoms with Gasteiger partial charge in [-0.3, -0.25) is 4.99 Å². The molecule has 0 aliphatic carbocycles. The predicted molar refractivity (Wildman–Crippen MR) is 64.1 cm³/mol. The third kappa shape index (κ3) is 4.46. The molecule has 0 radical (unpaired) electrons. The summed E-state index contributed by atoms with van der Waals surface area (Å²) >= 11 is 3.86. The van der Waals surface area contributed by atoms with Crippen molar-refractivity contribution in [3.05, 3.63) is 0 Å². The minimum absolute atomic E-state index is 0.0774. The maximum Gasteiger partial charge on any atom is 0.0439 e. The maximum absolute atomic E-state index is 4.39. The van der Waals surface area contributed by atoms with E-state index in [0.29, 0.717) is 12.0 Å². The smallest absolute Gasteiger partial charge is 0.0439 e. The van der Waals surface area contributed by atoms with E-state index in [1.165, 1.54) is 0 Å². The predicted octanol–water partition coefficient (Wildman–Crippen LogP) is 3.04. The molecule has 13 heavy (non-hydrogen) atoms. The molecule has 0 heterocycles. The summed E-state index contributed by atoms with van der Waals surface area (Å²) in [6, 6.07) is 0.339. The summed E-state index contributed by atoms with van der Waals surface area (Å²) in [6.07, 6.45) is 3.81. The summed E-state index contributed by atoms with van der Waals surface area (Å²) in [7, 11) is 0. The number of rotatable bonds is 4. The van der Waals surface area contributed by atoms with Gasteiger partial charge in [0, 0.05) is 23.9 Å². The van der Waals surface area contributed by atoms with E-state index in [9.17, 15) is 0 Å². The molecule has 0 amide bonds. The van der Waals surface area contributed by atoms with Crippen LogP contribution in [0.1, 0.15) is 34.6 Å². The lowest BCUT2D eigenvalue weighted by atomic mass is 9.81. The zero-order valence-electron chi connectivity index (χ0n) is 9.15. The maximum atomic E-state index is 4.39. The van der Waals surface area contributed by atoms with Crippen LogP contribution in [-0.4, -0.2) is 18.5 Å². The molecule has 0 aromatic heterocycles. The molecule has 0 aliphatic rings. The quantitative estimate of drug-likeness (QED) is 0.533. The Morgan fingerprint density at radius 2 is 1.69 bits per heavy atom. The van der Waals surface area contributed by atoms with Crippen LogP contribution in [0.25, 0.3) is 0 Å². The normalized spacial score (nSPS) is 17.8. The van der Waals surface area contributed by atoms with Gasteiger partial charge in [0.15, 0.2) is 0 Å². The molecular formula is C10H20N2S. The lowest BCUT2D eigenvalue weighted by molar-refractivity contribution is 0.462. The Hall–Kier alpha value is -0.310. The lowest BCUT2D eigenvalue weighted by Gasteiger charge is -2.24. The number of hydrogen-bond acceptors (Lipinski definition) is 3. The van der Waals surface area contributed by atoms with E-state index in [1.807, 2.05) is 12.4 Å². The molecule has 76 valence electrons. The van der Waals surface area contributed by atoms with E-state index < -0.39 is 0 Å². The van der Waals surface area contributed by atoms with Crippen molar-refractivity contribution in [2.75, 3.05) is 0 Å². The summed E-state index contributed by atoms with van der Waals surface area (Å²) < 4.78 is 3.79. The molecule has 0 spiro atoms. The van der Waals surface area contributed by atoms with Crippen LogP contribution in [0.3, 0.4) is 0 Å². The van der Waals surface area contributed by atoms with Crippen LogP contribution < -0.4 is 0 Å². The van der Waals surface area contributed by atoms with E-state index in [0.717, 1.165) is 0 Å². The molecule has 0 aromatic carbocycles. The number of nitrogens with zero attached hydrogens (tertiary/aromatic N) is 2. The third-order valence-corrected chi connectivity index (χ3v) is 2.35. The van der Waals surface area contributed by atoms with Crippen LogP contribution in [0.2, 0.25) is 0 Å². The van der Waals surface area contributed by atoms with Gasteiger partial charge in [0.1, 0.15) is 0 Å². The Morgan fingerprint density at radius 1 is 1.15 bits per heavy atom. The Labute approximate surface area is 87.1 Å². The largest absolute Gasteiger partial charge is 0.294 e. The second-order valence-electron chi connectivity index (χ2n) is 4.14. The van der Waals surface area contributed by atoms with Crippen molar-refractivity contribution in [1.29, 1.82) is 0 Å². The van der Waals surface area contributed by atoms with Crippen LogP contribution in [-0.2, 0) is 0 Å². The molecule has 3 heteroatoms. The fourth-order valence-electron chi connectivity index (χ4n) is 0.766. The highest BCUT2D eigenvalue weighted by Gasteiger charge is 2.23. The molecule has 0 aromatic rings. The summed E-state index contributed by atoms with van der Waals surface area (Å²) in [6.45, 7) is 10.6. The van der Waals surface area contributed by atoms with E-state index in [4.69, 9.17) is 0 Å². The fourth-order valence-corrected chi connectivity index (χ4v) is 1.01. The zero-order chi connectivity index (χ0) is 10.5. The Bertz CT molecular complexity index is 197. The van der Waals surface area contributed by atoms with Crippen LogP contribution in [0.5, 0.6) is 0 Å². The zero-order valence-corrected chi connectivity index (χ0v) is 10.0. The van der Waals surface area contributed by atoms with Gasteiger partial charge in [0.25, 0.3) is 0 Å². The fraction of sp³-hybridized carbons (Fsp3) is 0.800. The monoisotopic (exact) mass is 200 g/mol. The summed E-state index contributed by atoms with van der Waals surface area (Å²) in [4.78, 5) is 4.39. The lowest BCUT2D eigenvalue weighted by Crippen LogP contribution is -2.27. The Morgan fingerprint density at radius 3 is 2.00 bits per heavy atom.